The first kappa shape index (κ1) is 17.8. The lowest BCUT2D eigenvalue weighted by Gasteiger charge is -2.36. The van der Waals surface area contributed by atoms with E-state index in [9.17, 15) is 14.4 Å². The second kappa shape index (κ2) is 7.11. The molecule has 134 valence electrons. The SMILES string of the molecule is Cc1ccc(C(=O)C(C)OC(=O)C2CC3CCCC(C2)C3=O)cc1C. The van der Waals surface area contributed by atoms with Crippen LogP contribution < -0.4 is 0 Å². The van der Waals surface area contributed by atoms with Crippen LogP contribution in [0.15, 0.2) is 18.2 Å². The van der Waals surface area contributed by atoms with E-state index in [1.165, 1.54) is 0 Å². The third-order valence-electron chi connectivity index (χ3n) is 5.83. The summed E-state index contributed by atoms with van der Waals surface area (Å²) in [5, 5.41) is 0. The van der Waals surface area contributed by atoms with Gasteiger partial charge in [-0.1, -0.05) is 18.6 Å². The van der Waals surface area contributed by atoms with Crippen molar-refractivity contribution in [2.24, 2.45) is 17.8 Å². The van der Waals surface area contributed by atoms with E-state index in [-0.39, 0.29) is 29.5 Å². The van der Waals surface area contributed by atoms with Crippen molar-refractivity contribution in [3.63, 3.8) is 0 Å². The van der Waals surface area contributed by atoms with Gasteiger partial charge in [0.05, 0.1) is 5.92 Å². The van der Waals surface area contributed by atoms with Gasteiger partial charge in [0, 0.05) is 17.4 Å². The molecular formula is C21H26O4. The van der Waals surface area contributed by atoms with Gasteiger partial charge in [-0.15, -0.1) is 0 Å². The van der Waals surface area contributed by atoms with Crippen LogP contribution in [0.2, 0.25) is 0 Å². The molecule has 0 saturated heterocycles. The molecule has 4 heteroatoms. The second-order valence-corrected chi connectivity index (χ2v) is 7.64. The van der Waals surface area contributed by atoms with Crippen molar-refractivity contribution in [1.82, 2.24) is 0 Å². The van der Waals surface area contributed by atoms with E-state index in [0.717, 1.165) is 30.4 Å². The monoisotopic (exact) mass is 342 g/mol. The summed E-state index contributed by atoms with van der Waals surface area (Å²) in [6.07, 6.45) is 3.21. The topological polar surface area (TPSA) is 60.4 Å². The molecule has 2 aliphatic carbocycles. The maximum atomic E-state index is 12.5. The van der Waals surface area contributed by atoms with Gasteiger partial charge >= 0.3 is 5.97 Å². The van der Waals surface area contributed by atoms with Crippen molar-refractivity contribution < 1.29 is 19.1 Å². The van der Waals surface area contributed by atoms with E-state index >= 15 is 0 Å². The molecule has 0 N–H and O–H groups in total. The number of ketones is 2. The zero-order valence-corrected chi connectivity index (χ0v) is 15.2. The number of fused-ring (bicyclic) bond motifs is 2. The first-order chi connectivity index (χ1) is 11.9. The number of hydrogen-bond acceptors (Lipinski definition) is 4. The van der Waals surface area contributed by atoms with Gasteiger partial charge in [-0.05, 0) is 63.6 Å². The summed E-state index contributed by atoms with van der Waals surface area (Å²) in [6, 6.07) is 5.52. The molecular weight excluding hydrogens is 316 g/mol. The highest BCUT2D eigenvalue weighted by molar-refractivity contribution is 6.00. The molecule has 0 aromatic heterocycles. The number of hydrogen-bond donors (Lipinski definition) is 0. The molecule has 0 amide bonds. The molecule has 0 radical (unpaired) electrons. The Morgan fingerprint density at radius 2 is 1.72 bits per heavy atom. The van der Waals surface area contributed by atoms with Gasteiger partial charge in [0.2, 0.25) is 5.78 Å². The van der Waals surface area contributed by atoms with Crippen LogP contribution in [0.3, 0.4) is 0 Å². The first-order valence-electron chi connectivity index (χ1n) is 9.22. The quantitative estimate of drug-likeness (QED) is 0.616. The third kappa shape index (κ3) is 3.68. The Hall–Kier alpha value is -1.97. The van der Waals surface area contributed by atoms with E-state index in [4.69, 9.17) is 4.74 Å². The van der Waals surface area contributed by atoms with Crippen molar-refractivity contribution in [3.8, 4) is 0 Å². The molecule has 2 bridgehead atoms. The van der Waals surface area contributed by atoms with Gasteiger partial charge in [-0.2, -0.15) is 0 Å². The van der Waals surface area contributed by atoms with E-state index in [2.05, 4.69) is 0 Å². The van der Waals surface area contributed by atoms with E-state index in [0.29, 0.717) is 24.2 Å². The number of aryl methyl sites for hydroxylation is 2. The lowest BCUT2D eigenvalue weighted by molar-refractivity contribution is -0.155. The average molecular weight is 342 g/mol. The van der Waals surface area contributed by atoms with Crippen LogP contribution in [0.4, 0.5) is 0 Å². The summed E-state index contributed by atoms with van der Waals surface area (Å²) < 4.78 is 5.48. The summed E-state index contributed by atoms with van der Waals surface area (Å²) in [6.45, 7) is 5.58. The summed E-state index contributed by atoms with van der Waals surface area (Å²) in [5.74, 6) is -0.401. The number of ether oxygens (including phenoxy) is 1. The maximum Gasteiger partial charge on any atom is 0.309 e. The Balaban J connectivity index is 1.63. The number of Topliss-reactive ketones (excluding diaryl/α,β-unsaturated/α-hetero) is 2. The normalized spacial score (nSPS) is 26.8. The molecule has 3 unspecified atom stereocenters. The minimum Gasteiger partial charge on any atom is -0.454 e. The van der Waals surface area contributed by atoms with Gasteiger partial charge in [-0.25, -0.2) is 0 Å². The van der Waals surface area contributed by atoms with Crippen LogP contribution >= 0.6 is 0 Å². The minimum absolute atomic E-state index is 0.0100. The largest absolute Gasteiger partial charge is 0.454 e. The van der Waals surface area contributed by atoms with Crippen molar-refractivity contribution in [2.75, 3.05) is 0 Å². The Labute approximate surface area is 148 Å². The molecule has 0 aliphatic heterocycles. The third-order valence-corrected chi connectivity index (χ3v) is 5.83. The zero-order valence-electron chi connectivity index (χ0n) is 15.2. The predicted octanol–water partition coefficient (Wildman–Crippen LogP) is 3.81. The summed E-state index contributed by atoms with van der Waals surface area (Å²) in [7, 11) is 0. The Bertz CT molecular complexity index is 690. The lowest BCUT2D eigenvalue weighted by Crippen LogP contribution is -2.40. The highest BCUT2D eigenvalue weighted by Gasteiger charge is 2.42. The van der Waals surface area contributed by atoms with E-state index in [1.807, 2.05) is 26.0 Å². The van der Waals surface area contributed by atoms with Crippen molar-refractivity contribution in [1.29, 1.82) is 0 Å². The van der Waals surface area contributed by atoms with Gasteiger partial charge in [-0.3, -0.25) is 14.4 Å². The smallest absolute Gasteiger partial charge is 0.309 e. The van der Waals surface area contributed by atoms with Crippen LogP contribution in [-0.2, 0) is 14.3 Å². The Morgan fingerprint density at radius 1 is 1.08 bits per heavy atom. The number of carbonyl (C=O) groups is 3. The summed E-state index contributed by atoms with van der Waals surface area (Å²) in [4.78, 5) is 37.2. The fraction of sp³-hybridized carbons (Fsp3) is 0.571. The summed E-state index contributed by atoms with van der Waals surface area (Å²) >= 11 is 0. The fourth-order valence-corrected chi connectivity index (χ4v) is 4.13. The van der Waals surface area contributed by atoms with Crippen molar-refractivity contribution in [2.45, 2.75) is 59.0 Å². The van der Waals surface area contributed by atoms with E-state index < -0.39 is 6.10 Å². The van der Waals surface area contributed by atoms with Gasteiger partial charge in [0.25, 0.3) is 0 Å². The number of carbonyl (C=O) groups excluding carboxylic acids is 3. The molecule has 4 nitrogen and oxygen atoms in total. The van der Waals surface area contributed by atoms with E-state index in [1.54, 1.807) is 13.0 Å². The molecule has 3 atom stereocenters. The number of benzene rings is 1. The fourth-order valence-electron chi connectivity index (χ4n) is 4.13. The first-order valence-corrected chi connectivity index (χ1v) is 9.22. The second-order valence-electron chi connectivity index (χ2n) is 7.64. The molecule has 0 spiro atoms. The number of esters is 1. The average Bonchev–Trinajstić information content (AvgIpc) is 2.56. The molecule has 2 aliphatic rings. The lowest BCUT2D eigenvalue weighted by atomic mass is 9.67. The van der Waals surface area contributed by atoms with Crippen LogP contribution in [0.1, 0.15) is 60.5 Å². The van der Waals surface area contributed by atoms with Crippen LogP contribution in [0.25, 0.3) is 0 Å². The maximum absolute atomic E-state index is 12.5. The van der Waals surface area contributed by atoms with Crippen molar-refractivity contribution in [3.05, 3.63) is 34.9 Å². The molecule has 1 aromatic carbocycles. The zero-order chi connectivity index (χ0) is 18.1. The molecule has 2 fully saturated rings. The standard InChI is InChI=1S/C21H26O4/c1-12-7-8-17(9-13(12)2)19(22)14(3)25-21(24)18-10-15-5-4-6-16(11-18)20(15)23/h7-9,14-16,18H,4-6,10-11H2,1-3H3. The Kier molecular flexibility index (Phi) is 5.07. The highest BCUT2D eigenvalue weighted by Crippen LogP contribution is 2.40. The van der Waals surface area contributed by atoms with Crippen LogP contribution in [0, 0.1) is 31.6 Å². The molecule has 3 rings (SSSR count). The molecule has 0 heterocycles. The van der Waals surface area contributed by atoms with Crippen molar-refractivity contribution >= 4 is 17.5 Å². The highest BCUT2D eigenvalue weighted by atomic mass is 16.5. The predicted molar refractivity (Wildman–Crippen MR) is 94.4 cm³/mol. The minimum atomic E-state index is -0.799. The van der Waals surface area contributed by atoms with Gasteiger partial charge in [0.1, 0.15) is 5.78 Å². The Morgan fingerprint density at radius 3 is 2.32 bits per heavy atom. The molecule has 1 aromatic rings. The molecule has 2 saturated carbocycles. The van der Waals surface area contributed by atoms with Crippen LogP contribution in [-0.4, -0.2) is 23.6 Å². The van der Waals surface area contributed by atoms with Crippen LogP contribution in [0.5, 0.6) is 0 Å². The summed E-state index contributed by atoms with van der Waals surface area (Å²) in [5.41, 5.74) is 2.74. The number of rotatable bonds is 4. The molecule has 25 heavy (non-hydrogen) atoms. The van der Waals surface area contributed by atoms with Gasteiger partial charge < -0.3 is 4.74 Å². The van der Waals surface area contributed by atoms with Gasteiger partial charge in [0.15, 0.2) is 6.10 Å².